The zero-order valence-electron chi connectivity index (χ0n) is 10.3. The van der Waals surface area contributed by atoms with Crippen molar-refractivity contribution in [3.8, 4) is 0 Å². The van der Waals surface area contributed by atoms with Gasteiger partial charge in [0.25, 0.3) is 0 Å². The maximum atomic E-state index is 11.4. The Kier molecular flexibility index (Phi) is 5.93. The molecule has 0 aromatic rings. The number of esters is 2. The quantitative estimate of drug-likeness (QED) is 0.502. The third-order valence-corrected chi connectivity index (χ3v) is 2.35. The van der Waals surface area contributed by atoms with E-state index in [1.54, 1.807) is 13.8 Å². The molecule has 0 N–H and O–H groups in total. The minimum absolute atomic E-state index is 0.211. The molecule has 17 heavy (non-hydrogen) atoms. The van der Waals surface area contributed by atoms with Crippen LogP contribution in [0.3, 0.4) is 0 Å². The van der Waals surface area contributed by atoms with Gasteiger partial charge in [-0.1, -0.05) is 13.8 Å². The molecule has 1 rings (SSSR count). The zero-order valence-corrected chi connectivity index (χ0v) is 10.3. The van der Waals surface area contributed by atoms with Gasteiger partial charge in [0.1, 0.15) is 0 Å². The number of ether oxygens (including phenoxy) is 3. The van der Waals surface area contributed by atoms with Crippen molar-refractivity contribution < 1.29 is 23.8 Å². The van der Waals surface area contributed by atoms with Gasteiger partial charge in [-0.2, -0.15) is 0 Å². The van der Waals surface area contributed by atoms with Crippen molar-refractivity contribution in [1.29, 1.82) is 0 Å². The van der Waals surface area contributed by atoms with Crippen LogP contribution in [0, 0.1) is 5.92 Å². The first-order chi connectivity index (χ1) is 8.09. The monoisotopic (exact) mass is 245 g/mol. The molecule has 0 amide bonds. The van der Waals surface area contributed by atoms with Crippen molar-refractivity contribution in [2.24, 2.45) is 5.92 Å². The molecule has 6 heteroatoms. The summed E-state index contributed by atoms with van der Waals surface area (Å²) in [5.74, 6) is -0.972. The van der Waals surface area contributed by atoms with Crippen LogP contribution in [0.15, 0.2) is 0 Å². The predicted molar refractivity (Wildman–Crippen MR) is 59.1 cm³/mol. The van der Waals surface area contributed by atoms with Crippen LogP contribution in [-0.4, -0.2) is 56.5 Å². The minimum atomic E-state index is -0.386. The highest BCUT2D eigenvalue weighted by Gasteiger charge is 2.15. The second kappa shape index (κ2) is 7.24. The molecule has 1 aliphatic heterocycles. The van der Waals surface area contributed by atoms with Crippen molar-refractivity contribution in [1.82, 2.24) is 4.90 Å². The Balaban J connectivity index is 2.10. The normalized spacial score (nSPS) is 16.9. The van der Waals surface area contributed by atoms with Crippen molar-refractivity contribution in [3.05, 3.63) is 0 Å². The van der Waals surface area contributed by atoms with Gasteiger partial charge in [-0.25, -0.2) is 0 Å². The molecular formula is C11H19NO5. The molecular weight excluding hydrogens is 226 g/mol. The molecule has 98 valence electrons. The molecule has 0 saturated carbocycles. The number of rotatable bonds is 5. The third-order valence-electron chi connectivity index (χ3n) is 2.35. The van der Waals surface area contributed by atoms with Gasteiger partial charge in [0, 0.05) is 13.1 Å². The first-order valence-electron chi connectivity index (χ1n) is 5.72. The summed E-state index contributed by atoms with van der Waals surface area (Å²) in [7, 11) is 0. The van der Waals surface area contributed by atoms with Crippen molar-refractivity contribution in [2.45, 2.75) is 13.8 Å². The molecule has 0 aromatic heterocycles. The lowest BCUT2D eigenvalue weighted by Crippen LogP contribution is -2.40. The van der Waals surface area contributed by atoms with Crippen molar-refractivity contribution in [2.75, 3.05) is 39.6 Å². The molecule has 1 aliphatic rings. The van der Waals surface area contributed by atoms with E-state index < -0.39 is 0 Å². The predicted octanol–water partition coefficient (Wildman–Crippen LogP) is 0.0185. The number of morpholine rings is 1. The lowest BCUT2D eigenvalue weighted by Gasteiger charge is -2.25. The van der Waals surface area contributed by atoms with Crippen molar-refractivity contribution >= 4 is 11.9 Å². The Morgan fingerprint density at radius 1 is 1.24 bits per heavy atom. The average Bonchev–Trinajstić information content (AvgIpc) is 2.30. The molecule has 0 spiro atoms. The van der Waals surface area contributed by atoms with Gasteiger partial charge >= 0.3 is 11.9 Å². The van der Waals surface area contributed by atoms with Gasteiger partial charge in [-0.15, -0.1) is 0 Å². The second-order valence-electron chi connectivity index (χ2n) is 4.14. The van der Waals surface area contributed by atoms with Crippen LogP contribution in [0.2, 0.25) is 0 Å². The summed E-state index contributed by atoms with van der Waals surface area (Å²) in [5.41, 5.74) is 0. The molecule has 0 bridgehead atoms. The Bertz CT molecular complexity index is 261. The van der Waals surface area contributed by atoms with E-state index in [-0.39, 0.29) is 31.2 Å². The Morgan fingerprint density at radius 3 is 2.47 bits per heavy atom. The first-order valence-corrected chi connectivity index (χ1v) is 5.72. The maximum Gasteiger partial charge on any atom is 0.323 e. The molecule has 1 heterocycles. The average molecular weight is 245 g/mol. The Labute approximate surface area is 101 Å². The summed E-state index contributed by atoms with van der Waals surface area (Å²) in [6, 6.07) is 0. The van der Waals surface area contributed by atoms with Crippen LogP contribution in [0.4, 0.5) is 0 Å². The highest BCUT2D eigenvalue weighted by atomic mass is 16.7. The molecule has 0 atom stereocenters. The largest absolute Gasteiger partial charge is 0.428 e. The lowest BCUT2D eigenvalue weighted by molar-refractivity contribution is -0.170. The number of carbonyl (C=O) groups is 2. The minimum Gasteiger partial charge on any atom is -0.428 e. The molecule has 0 aliphatic carbocycles. The smallest absolute Gasteiger partial charge is 0.323 e. The fraction of sp³-hybridized carbons (Fsp3) is 0.818. The van der Waals surface area contributed by atoms with Gasteiger partial charge in [0.05, 0.1) is 25.7 Å². The highest BCUT2D eigenvalue weighted by molar-refractivity contribution is 5.73. The summed E-state index contributed by atoms with van der Waals surface area (Å²) >= 11 is 0. The number of hydrogen-bond acceptors (Lipinski definition) is 6. The fourth-order valence-corrected chi connectivity index (χ4v) is 1.31. The van der Waals surface area contributed by atoms with E-state index >= 15 is 0 Å². The van der Waals surface area contributed by atoms with Gasteiger partial charge in [0.2, 0.25) is 6.79 Å². The van der Waals surface area contributed by atoms with E-state index in [2.05, 4.69) is 0 Å². The summed E-state index contributed by atoms with van der Waals surface area (Å²) in [6.07, 6.45) is 0. The van der Waals surface area contributed by atoms with Crippen LogP contribution in [0.1, 0.15) is 13.8 Å². The SMILES string of the molecule is CC(C)C(=O)OCOC(=O)CN1CCOCC1. The van der Waals surface area contributed by atoms with Gasteiger partial charge in [-0.3, -0.25) is 14.5 Å². The van der Waals surface area contributed by atoms with E-state index in [1.165, 1.54) is 0 Å². The Morgan fingerprint density at radius 2 is 1.88 bits per heavy atom. The van der Waals surface area contributed by atoms with Gasteiger partial charge in [-0.05, 0) is 0 Å². The topological polar surface area (TPSA) is 65.1 Å². The number of nitrogens with zero attached hydrogens (tertiary/aromatic N) is 1. The molecule has 6 nitrogen and oxygen atoms in total. The second-order valence-corrected chi connectivity index (χ2v) is 4.14. The molecule has 1 saturated heterocycles. The van der Waals surface area contributed by atoms with Crippen LogP contribution >= 0.6 is 0 Å². The summed E-state index contributed by atoms with van der Waals surface area (Å²) < 4.78 is 14.7. The van der Waals surface area contributed by atoms with E-state index in [0.29, 0.717) is 13.2 Å². The first kappa shape index (κ1) is 13.9. The summed E-state index contributed by atoms with van der Waals surface area (Å²) in [6.45, 7) is 6.06. The molecule has 0 unspecified atom stereocenters. The van der Waals surface area contributed by atoms with E-state index in [4.69, 9.17) is 14.2 Å². The van der Waals surface area contributed by atoms with Crippen LogP contribution in [0.25, 0.3) is 0 Å². The molecule has 1 fully saturated rings. The fourth-order valence-electron chi connectivity index (χ4n) is 1.31. The summed E-state index contributed by atoms with van der Waals surface area (Å²) in [4.78, 5) is 24.4. The van der Waals surface area contributed by atoms with Crippen LogP contribution in [0.5, 0.6) is 0 Å². The van der Waals surface area contributed by atoms with Gasteiger partial charge in [0.15, 0.2) is 0 Å². The van der Waals surface area contributed by atoms with E-state index in [9.17, 15) is 9.59 Å². The Hall–Kier alpha value is -1.14. The third kappa shape index (κ3) is 5.65. The number of hydrogen-bond donors (Lipinski definition) is 0. The van der Waals surface area contributed by atoms with Crippen LogP contribution in [-0.2, 0) is 23.8 Å². The summed E-state index contributed by atoms with van der Waals surface area (Å²) in [5, 5.41) is 0. The standard InChI is InChI=1S/C11H19NO5/c1-9(2)11(14)17-8-16-10(13)7-12-3-5-15-6-4-12/h9H,3-8H2,1-2H3. The maximum absolute atomic E-state index is 11.4. The van der Waals surface area contributed by atoms with Crippen molar-refractivity contribution in [3.63, 3.8) is 0 Å². The zero-order chi connectivity index (χ0) is 12.7. The number of carbonyl (C=O) groups excluding carboxylic acids is 2. The highest BCUT2D eigenvalue weighted by Crippen LogP contribution is 1.98. The molecule has 0 aromatic carbocycles. The molecule has 0 radical (unpaired) electrons. The van der Waals surface area contributed by atoms with E-state index in [0.717, 1.165) is 13.1 Å². The van der Waals surface area contributed by atoms with Gasteiger partial charge < -0.3 is 14.2 Å². The van der Waals surface area contributed by atoms with E-state index in [1.807, 2.05) is 4.90 Å². The van der Waals surface area contributed by atoms with Crippen LogP contribution < -0.4 is 0 Å². The lowest BCUT2D eigenvalue weighted by atomic mass is 10.2.